The van der Waals surface area contributed by atoms with Crippen LogP contribution in [0.25, 0.3) is 0 Å². The molecule has 0 aliphatic carbocycles. The molecule has 0 radical (unpaired) electrons. The molecule has 2 atom stereocenters. The molecule has 2 aromatic rings. The Bertz CT molecular complexity index is 863. The molecule has 3 rings (SSSR count). The summed E-state index contributed by atoms with van der Waals surface area (Å²) < 4.78 is 29.9. The monoisotopic (exact) mass is 406 g/mol. The number of alkyl halides is 2. The van der Waals surface area contributed by atoms with Gasteiger partial charge >= 0.3 is 6.61 Å². The Morgan fingerprint density at radius 1 is 1.21 bits per heavy atom. The quantitative estimate of drug-likeness (QED) is 0.717. The SMILES string of the molecule is CCC(NC(=O)CC1Sc2ccccc2NC1=O)c1ccccc1OC(F)F. The first-order chi connectivity index (χ1) is 13.5. The molecule has 28 heavy (non-hydrogen) atoms. The van der Waals surface area contributed by atoms with Crippen LogP contribution in [0.15, 0.2) is 53.4 Å². The number of halogens is 2. The van der Waals surface area contributed by atoms with E-state index in [1.807, 2.05) is 31.2 Å². The van der Waals surface area contributed by atoms with Gasteiger partial charge in [0.15, 0.2) is 0 Å². The molecule has 2 N–H and O–H groups in total. The van der Waals surface area contributed by atoms with Gasteiger partial charge in [0.05, 0.1) is 17.0 Å². The zero-order valence-corrected chi connectivity index (χ0v) is 16.0. The lowest BCUT2D eigenvalue weighted by Crippen LogP contribution is -2.36. The van der Waals surface area contributed by atoms with Crippen molar-refractivity contribution in [2.75, 3.05) is 5.32 Å². The summed E-state index contributed by atoms with van der Waals surface area (Å²) in [6.07, 6.45) is 0.474. The number of hydrogen-bond acceptors (Lipinski definition) is 4. The first-order valence-electron chi connectivity index (χ1n) is 8.87. The van der Waals surface area contributed by atoms with E-state index in [0.717, 1.165) is 10.6 Å². The van der Waals surface area contributed by atoms with Crippen LogP contribution in [0.5, 0.6) is 5.75 Å². The molecule has 0 fully saturated rings. The molecule has 0 bridgehead atoms. The number of fused-ring (bicyclic) bond motifs is 1. The third-order valence-corrected chi connectivity index (χ3v) is 5.61. The molecule has 1 aliphatic heterocycles. The zero-order chi connectivity index (χ0) is 20.1. The Kier molecular flexibility index (Phi) is 6.51. The third-order valence-electron chi connectivity index (χ3n) is 4.33. The first-order valence-corrected chi connectivity index (χ1v) is 9.75. The molecule has 148 valence electrons. The summed E-state index contributed by atoms with van der Waals surface area (Å²) in [6.45, 7) is -1.11. The van der Waals surface area contributed by atoms with E-state index in [0.29, 0.717) is 12.0 Å². The molecule has 0 spiro atoms. The maximum absolute atomic E-state index is 12.6. The molecule has 0 aromatic heterocycles. The summed E-state index contributed by atoms with van der Waals surface area (Å²) in [7, 11) is 0. The van der Waals surface area contributed by atoms with Gasteiger partial charge in [-0.3, -0.25) is 9.59 Å². The highest BCUT2D eigenvalue weighted by atomic mass is 32.2. The van der Waals surface area contributed by atoms with Crippen LogP contribution in [0.4, 0.5) is 14.5 Å². The van der Waals surface area contributed by atoms with Gasteiger partial charge in [-0.1, -0.05) is 37.3 Å². The van der Waals surface area contributed by atoms with Gasteiger partial charge in [0.25, 0.3) is 0 Å². The predicted octanol–water partition coefficient (Wildman–Crippen LogP) is 4.36. The average molecular weight is 406 g/mol. The van der Waals surface area contributed by atoms with Crippen LogP contribution in [0, 0.1) is 0 Å². The second kappa shape index (κ2) is 9.05. The van der Waals surface area contributed by atoms with Crippen molar-refractivity contribution in [1.29, 1.82) is 0 Å². The minimum Gasteiger partial charge on any atom is -0.434 e. The normalized spacial score (nSPS) is 16.9. The van der Waals surface area contributed by atoms with E-state index >= 15 is 0 Å². The van der Waals surface area contributed by atoms with Crippen molar-refractivity contribution in [3.63, 3.8) is 0 Å². The van der Waals surface area contributed by atoms with Crippen molar-refractivity contribution in [3.8, 4) is 5.75 Å². The predicted molar refractivity (Wildman–Crippen MR) is 104 cm³/mol. The molecule has 2 amide bonds. The third kappa shape index (κ3) is 4.81. The van der Waals surface area contributed by atoms with Gasteiger partial charge in [0.2, 0.25) is 11.8 Å². The van der Waals surface area contributed by atoms with Crippen molar-refractivity contribution in [2.24, 2.45) is 0 Å². The van der Waals surface area contributed by atoms with E-state index in [4.69, 9.17) is 0 Å². The second-order valence-corrected chi connectivity index (χ2v) is 7.49. The fourth-order valence-electron chi connectivity index (χ4n) is 3.02. The summed E-state index contributed by atoms with van der Waals surface area (Å²) in [4.78, 5) is 25.7. The molecular formula is C20H20F2N2O3S. The molecular weight excluding hydrogens is 386 g/mol. The van der Waals surface area contributed by atoms with Gasteiger partial charge in [-0.2, -0.15) is 8.78 Å². The van der Waals surface area contributed by atoms with E-state index in [9.17, 15) is 18.4 Å². The molecule has 0 saturated carbocycles. The number of carbonyl (C=O) groups excluding carboxylic acids is 2. The molecule has 1 aliphatic rings. The van der Waals surface area contributed by atoms with Crippen LogP contribution in [0.3, 0.4) is 0 Å². The van der Waals surface area contributed by atoms with E-state index in [2.05, 4.69) is 15.4 Å². The average Bonchev–Trinajstić information content (AvgIpc) is 2.67. The fraction of sp³-hybridized carbons (Fsp3) is 0.300. The van der Waals surface area contributed by atoms with Crippen LogP contribution < -0.4 is 15.4 Å². The molecule has 5 nitrogen and oxygen atoms in total. The van der Waals surface area contributed by atoms with Crippen LogP contribution in [-0.2, 0) is 9.59 Å². The summed E-state index contributed by atoms with van der Waals surface area (Å²) in [6, 6.07) is 13.3. The Labute approximate surface area is 165 Å². The van der Waals surface area contributed by atoms with E-state index in [1.165, 1.54) is 17.8 Å². The smallest absolute Gasteiger partial charge is 0.387 e. The van der Waals surface area contributed by atoms with Gasteiger partial charge in [0, 0.05) is 16.9 Å². The number of amides is 2. The van der Waals surface area contributed by atoms with Crippen molar-refractivity contribution in [1.82, 2.24) is 5.32 Å². The maximum Gasteiger partial charge on any atom is 0.387 e. The van der Waals surface area contributed by atoms with Crippen LogP contribution in [0.2, 0.25) is 0 Å². The molecule has 1 heterocycles. The Balaban J connectivity index is 1.68. The lowest BCUT2D eigenvalue weighted by Gasteiger charge is -2.25. The number of carbonyl (C=O) groups is 2. The zero-order valence-electron chi connectivity index (χ0n) is 15.2. The van der Waals surface area contributed by atoms with Crippen molar-refractivity contribution in [3.05, 3.63) is 54.1 Å². The molecule has 2 aromatic carbocycles. The minimum atomic E-state index is -2.95. The highest BCUT2D eigenvalue weighted by molar-refractivity contribution is 8.01. The number of hydrogen-bond donors (Lipinski definition) is 2. The second-order valence-electron chi connectivity index (χ2n) is 6.24. The van der Waals surface area contributed by atoms with Crippen molar-refractivity contribution >= 4 is 29.3 Å². The van der Waals surface area contributed by atoms with Gasteiger partial charge in [0.1, 0.15) is 5.75 Å². The van der Waals surface area contributed by atoms with Crippen molar-refractivity contribution in [2.45, 2.75) is 42.6 Å². The molecule has 8 heteroatoms. The summed E-state index contributed by atoms with van der Waals surface area (Å²) in [5.41, 5.74) is 1.21. The molecule has 0 saturated heterocycles. The number of benzene rings is 2. The van der Waals surface area contributed by atoms with Crippen LogP contribution >= 0.6 is 11.8 Å². The van der Waals surface area contributed by atoms with E-state index < -0.39 is 17.9 Å². The maximum atomic E-state index is 12.6. The number of thioether (sulfide) groups is 1. The number of para-hydroxylation sites is 2. The Hall–Kier alpha value is -2.61. The lowest BCUT2D eigenvalue weighted by atomic mass is 10.0. The van der Waals surface area contributed by atoms with Gasteiger partial charge in [-0.15, -0.1) is 11.8 Å². The summed E-state index contributed by atoms with van der Waals surface area (Å²) in [5.74, 6) is -0.526. The topological polar surface area (TPSA) is 67.4 Å². The standard InChI is InChI=1S/C20H20F2N2O3S/c1-2-13(12-7-3-5-9-15(12)27-20(21)22)23-18(25)11-17-19(26)24-14-8-4-6-10-16(14)28-17/h3-10,13,17,20H,2,11H2,1H3,(H,23,25)(H,24,26). The van der Waals surface area contributed by atoms with Crippen LogP contribution in [0.1, 0.15) is 31.4 Å². The highest BCUT2D eigenvalue weighted by Gasteiger charge is 2.29. The largest absolute Gasteiger partial charge is 0.434 e. The number of nitrogens with one attached hydrogen (secondary N) is 2. The van der Waals surface area contributed by atoms with Gasteiger partial charge in [-0.25, -0.2) is 0 Å². The van der Waals surface area contributed by atoms with Gasteiger partial charge < -0.3 is 15.4 Å². The van der Waals surface area contributed by atoms with E-state index in [1.54, 1.807) is 18.2 Å². The summed E-state index contributed by atoms with van der Waals surface area (Å²) in [5, 5.41) is 5.08. The van der Waals surface area contributed by atoms with Crippen LogP contribution in [-0.4, -0.2) is 23.7 Å². The lowest BCUT2D eigenvalue weighted by molar-refractivity contribution is -0.124. The minimum absolute atomic E-state index is 0.0147. The van der Waals surface area contributed by atoms with E-state index in [-0.39, 0.29) is 24.0 Å². The Morgan fingerprint density at radius 3 is 2.68 bits per heavy atom. The fourth-order valence-corrected chi connectivity index (χ4v) is 4.13. The highest BCUT2D eigenvalue weighted by Crippen LogP contribution is 2.37. The number of anilines is 1. The number of rotatable bonds is 7. The van der Waals surface area contributed by atoms with Crippen molar-refractivity contribution < 1.29 is 23.1 Å². The van der Waals surface area contributed by atoms with Gasteiger partial charge in [-0.05, 0) is 24.6 Å². The molecule has 2 unspecified atom stereocenters. The Morgan fingerprint density at radius 2 is 1.93 bits per heavy atom. The first kappa shape index (κ1) is 20.1. The summed E-state index contributed by atoms with van der Waals surface area (Å²) >= 11 is 1.34. The number of ether oxygens (including phenoxy) is 1.